The predicted molar refractivity (Wildman–Crippen MR) is 50.8 cm³/mol. The van der Waals surface area contributed by atoms with E-state index in [2.05, 4.69) is 18.8 Å². The zero-order valence-corrected chi connectivity index (χ0v) is 8.43. The van der Waals surface area contributed by atoms with Crippen LogP contribution in [0, 0.1) is 5.92 Å². The molecule has 1 aromatic rings. The van der Waals surface area contributed by atoms with E-state index in [1.165, 1.54) is 12.7 Å². The topological polar surface area (TPSA) is 46.3 Å². The Morgan fingerprint density at radius 1 is 1.64 bits per heavy atom. The maximum Gasteiger partial charge on any atom is 0.276 e. The fraction of sp³-hybridized carbons (Fsp3) is 0.600. The molecule has 1 fully saturated rings. The third kappa shape index (κ3) is 1.41. The number of oxazole rings is 1. The molecule has 14 heavy (non-hydrogen) atoms. The fourth-order valence-corrected chi connectivity index (χ4v) is 1.85. The molecule has 0 aromatic carbocycles. The molecular formula is C10H14N2O2. The molecule has 4 heteroatoms. The summed E-state index contributed by atoms with van der Waals surface area (Å²) < 4.78 is 4.80. The van der Waals surface area contributed by atoms with E-state index in [0.717, 1.165) is 13.0 Å². The van der Waals surface area contributed by atoms with Gasteiger partial charge in [0.2, 0.25) is 0 Å². The van der Waals surface area contributed by atoms with Gasteiger partial charge >= 0.3 is 0 Å². The van der Waals surface area contributed by atoms with E-state index in [-0.39, 0.29) is 5.91 Å². The summed E-state index contributed by atoms with van der Waals surface area (Å²) in [5.41, 5.74) is 0.408. The molecule has 76 valence electrons. The Morgan fingerprint density at radius 3 is 2.93 bits per heavy atom. The van der Waals surface area contributed by atoms with Crippen molar-refractivity contribution in [3.05, 3.63) is 18.4 Å². The van der Waals surface area contributed by atoms with Crippen LogP contribution in [0.4, 0.5) is 0 Å². The van der Waals surface area contributed by atoms with E-state index in [1.807, 2.05) is 4.90 Å². The molecule has 2 rings (SSSR count). The standard InChI is InChI=1S/C10H14N2O2/c1-7-3-4-12(8(7)2)10(13)9-5-14-6-11-9/h5-8H,3-4H2,1-2H3. The van der Waals surface area contributed by atoms with Gasteiger partial charge in [-0.25, -0.2) is 4.98 Å². The molecule has 0 bridgehead atoms. The first-order chi connectivity index (χ1) is 6.70. The maximum absolute atomic E-state index is 11.9. The van der Waals surface area contributed by atoms with Gasteiger partial charge in [-0.15, -0.1) is 0 Å². The smallest absolute Gasteiger partial charge is 0.276 e. The maximum atomic E-state index is 11.9. The summed E-state index contributed by atoms with van der Waals surface area (Å²) in [5, 5.41) is 0. The molecule has 1 amide bonds. The number of hydrogen-bond donors (Lipinski definition) is 0. The van der Waals surface area contributed by atoms with Gasteiger partial charge in [0.05, 0.1) is 0 Å². The molecule has 4 nitrogen and oxygen atoms in total. The summed E-state index contributed by atoms with van der Waals surface area (Å²) in [5.74, 6) is 0.557. The summed E-state index contributed by atoms with van der Waals surface area (Å²) in [6, 6.07) is 0.305. The monoisotopic (exact) mass is 194 g/mol. The average molecular weight is 194 g/mol. The van der Waals surface area contributed by atoms with Crippen molar-refractivity contribution in [2.45, 2.75) is 26.3 Å². The lowest BCUT2D eigenvalue weighted by Gasteiger charge is -2.22. The van der Waals surface area contributed by atoms with Gasteiger partial charge in [-0.3, -0.25) is 4.79 Å². The first-order valence-corrected chi connectivity index (χ1v) is 4.89. The van der Waals surface area contributed by atoms with Gasteiger partial charge in [0, 0.05) is 12.6 Å². The van der Waals surface area contributed by atoms with Crippen LogP contribution in [0.2, 0.25) is 0 Å². The zero-order chi connectivity index (χ0) is 10.1. The van der Waals surface area contributed by atoms with Crippen LogP contribution in [0.15, 0.2) is 17.1 Å². The number of hydrogen-bond acceptors (Lipinski definition) is 3. The van der Waals surface area contributed by atoms with Crippen LogP contribution < -0.4 is 0 Å². The number of nitrogens with zero attached hydrogens (tertiary/aromatic N) is 2. The minimum absolute atomic E-state index is 0.0180. The third-order valence-electron chi connectivity index (χ3n) is 3.05. The molecular weight excluding hydrogens is 180 g/mol. The van der Waals surface area contributed by atoms with Gasteiger partial charge in [-0.1, -0.05) is 6.92 Å². The molecule has 0 radical (unpaired) electrons. The summed E-state index contributed by atoms with van der Waals surface area (Å²) in [6.07, 6.45) is 3.76. The lowest BCUT2D eigenvalue weighted by molar-refractivity contribution is 0.0729. The number of carbonyl (C=O) groups is 1. The number of amides is 1. The highest BCUT2D eigenvalue weighted by molar-refractivity contribution is 5.92. The van der Waals surface area contributed by atoms with Crippen molar-refractivity contribution in [2.24, 2.45) is 5.92 Å². The van der Waals surface area contributed by atoms with E-state index < -0.39 is 0 Å². The summed E-state index contributed by atoms with van der Waals surface area (Å²) in [7, 11) is 0. The molecule has 1 aliphatic rings. The first-order valence-electron chi connectivity index (χ1n) is 4.89. The summed E-state index contributed by atoms with van der Waals surface area (Å²) in [6.45, 7) is 5.07. The van der Waals surface area contributed by atoms with Gasteiger partial charge in [-0.2, -0.15) is 0 Å². The van der Waals surface area contributed by atoms with Crippen LogP contribution >= 0.6 is 0 Å². The van der Waals surface area contributed by atoms with E-state index in [1.54, 1.807) is 0 Å². The second-order valence-corrected chi connectivity index (χ2v) is 3.88. The number of likely N-dealkylation sites (tertiary alicyclic amines) is 1. The average Bonchev–Trinajstić information content (AvgIpc) is 2.77. The molecule has 2 unspecified atom stereocenters. The quantitative estimate of drug-likeness (QED) is 0.681. The van der Waals surface area contributed by atoms with Gasteiger partial charge < -0.3 is 9.32 Å². The van der Waals surface area contributed by atoms with Crippen LogP contribution in [-0.4, -0.2) is 28.4 Å². The Balaban J connectivity index is 2.13. The van der Waals surface area contributed by atoms with Crippen molar-refractivity contribution in [3.63, 3.8) is 0 Å². The largest absolute Gasteiger partial charge is 0.451 e. The highest BCUT2D eigenvalue weighted by Crippen LogP contribution is 2.24. The van der Waals surface area contributed by atoms with E-state index in [9.17, 15) is 4.79 Å². The summed E-state index contributed by atoms with van der Waals surface area (Å²) >= 11 is 0. The van der Waals surface area contributed by atoms with Crippen molar-refractivity contribution in [3.8, 4) is 0 Å². The van der Waals surface area contributed by atoms with Gasteiger partial charge in [0.15, 0.2) is 12.1 Å². The highest BCUT2D eigenvalue weighted by Gasteiger charge is 2.32. The Labute approximate surface area is 82.9 Å². The molecule has 1 aromatic heterocycles. The number of aromatic nitrogens is 1. The van der Waals surface area contributed by atoms with Crippen molar-refractivity contribution in [1.82, 2.24) is 9.88 Å². The molecule has 2 atom stereocenters. The third-order valence-corrected chi connectivity index (χ3v) is 3.05. The van der Waals surface area contributed by atoms with Crippen molar-refractivity contribution < 1.29 is 9.21 Å². The number of rotatable bonds is 1. The zero-order valence-electron chi connectivity index (χ0n) is 8.43. The van der Waals surface area contributed by atoms with Crippen LogP contribution in [-0.2, 0) is 0 Å². The Bertz CT molecular complexity index is 321. The SMILES string of the molecule is CC1CCN(C(=O)c2cocn2)C1C. The van der Waals surface area contributed by atoms with Crippen LogP contribution in [0.3, 0.4) is 0 Å². The Kier molecular flexibility index (Phi) is 2.27. The van der Waals surface area contributed by atoms with Crippen molar-refractivity contribution >= 4 is 5.91 Å². The van der Waals surface area contributed by atoms with Crippen molar-refractivity contribution in [1.29, 1.82) is 0 Å². The van der Waals surface area contributed by atoms with E-state index in [4.69, 9.17) is 4.42 Å². The Hall–Kier alpha value is -1.32. The lowest BCUT2D eigenvalue weighted by Crippen LogP contribution is -2.35. The van der Waals surface area contributed by atoms with E-state index in [0.29, 0.717) is 17.7 Å². The number of carbonyl (C=O) groups excluding carboxylic acids is 1. The van der Waals surface area contributed by atoms with Gasteiger partial charge in [0.25, 0.3) is 5.91 Å². The Morgan fingerprint density at radius 2 is 2.43 bits per heavy atom. The summed E-state index contributed by atoms with van der Waals surface area (Å²) in [4.78, 5) is 17.6. The van der Waals surface area contributed by atoms with Gasteiger partial charge in [-0.05, 0) is 19.3 Å². The van der Waals surface area contributed by atoms with Gasteiger partial charge in [0.1, 0.15) is 6.26 Å². The second kappa shape index (κ2) is 3.44. The second-order valence-electron chi connectivity index (χ2n) is 3.88. The fourth-order valence-electron chi connectivity index (χ4n) is 1.85. The minimum atomic E-state index is -0.0180. The molecule has 1 saturated heterocycles. The van der Waals surface area contributed by atoms with Crippen LogP contribution in [0.25, 0.3) is 0 Å². The molecule has 1 aliphatic heterocycles. The minimum Gasteiger partial charge on any atom is -0.451 e. The first kappa shape index (κ1) is 9.24. The molecule has 0 spiro atoms. The van der Waals surface area contributed by atoms with E-state index >= 15 is 0 Å². The lowest BCUT2D eigenvalue weighted by atomic mass is 10.1. The van der Waals surface area contributed by atoms with Crippen molar-refractivity contribution in [2.75, 3.05) is 6.54 Å². The van der Waals surface area contributed by atoms with Crippen LogP contribution in [0.1, 0.15) is 30.8 Å². The molecule has 2 heterocycles. The molecule has 0 N–H and O–H groups in total. The highest BCUT2D eigenvalue weighted by atomic mass is 16.3. The predicted octanol–water partition coefficient (Wildman–Crippen LogP) is 1.55. The normalized spacial score (nSPS) is 26.9. The van der Waals surface area contributed by atoms with Crippen LogP contribution in [0.5, 0.6) is 0 Å². The molecule has 0 aliphatic carbocycles. The molecule has 0 saturated carbocycles.